The zero-order chi connectivity index (χ0) is 13.9. The Kier molecular flexibility index (Phi) is 4.58. The predicted molar refractivity (Wildman–Crippen MR) is 75.8 cm³/mol. The van der Waals surface area contributed by atoms with Crippen LogP contribution in [-0.4, -0.2) is 35.2 Å². The highest BCUT2D eigenvalue weighted by Crippen LogP contribution is 2.27. The van der Waals surface area contributed by atoms with E-state index in [1.807, 2.05) is 13.0 Å². The van der Waals surface area contributed by atoms with Crippen molar-refractivity contribution in [1.29, 1.82) is 0 Å². The Hall–Kier alpha value is -0.930. The van der Waals surface area contributed by atoms with E-state index in [1.165, 1.54) is 6.07 Å². The molecule has 0 radical (unpaired) electrons. The number of aliphatic hydroxyl groups is 1. The zero-order valence-electron chi connectivity index (χ0n) is 12.0. The van der Waals surface area contributed by atoms with Crippen LogP contribution in [0.5, 0.6) is 0 Å². The Morgan fingerprint density at radius 2 is 2.11 bits per heavy atom. The molecule has 2 nitrogen and oxygen atoms in total. The number of hydrogen-bond donors (Lipinski definition) is 1. The van der Waals surface area contributed by atoms with E-state index < -0.39 is 5.60 Å². The van der Waals surface area contributed by atoms with Crippen LogP contribution >= 0.6 is 0 Å². The SMILES string of the molecule is CCN1CCCC(O)(Cc2ccc(F)cc2C)CC1. The van der Waals surface area contributed by atoms with E-state index >= 15 is 0 Å². The Labute approximate surface area is 115 Å². The molecule has 0 aliphatic carbocycles. The molecule has 1 aromatic carbocycles. The van der Waals surface area contributed by atoms with E-state index in [-0.39, 0.29) is 5.82 Å². The van der Waals surface area contributed by atoms with Gasteiger partial charge in [-0.05, 0) is 62.5 Å². The average molecular weight is 265 g/mol. The first-order valence-corrected chi connectivity index (χ1v) is 7.22. The molecule has 3 heteroatoms. The topological polar surface area (TPSA) is 23.5 Å². The summed E-state index contributed by atoms with van der Waals surface area (Å²) < 4.78 is 13.1. The van der Waals surface area contributed by atoms with Crippen LogP contribution in [0.1, 0.15) is 37.3 Å². The first-order chi connectivity index (χ1) is 9.02. The lowest BCUT2D eigenvalue weighted by Gasteiger charge is -2.27. The molecule has 1 heterocycles. The third-order valence-corrected chi connectivity index (χ3v) is 4.28. The fourth-order valence-electron chi connectivity index (χ4n) is 2.94. The molecule has 0 bridgehead atoms. The van der Waals surface area contributed by atoms with E-state index in [9.17, 15) is 9.50 Å². The van der Waals surface area contributed by atoms with E-state index in [0.29, 0.717) is 6.42 Å². The standard InChI is InChI=1S/C16H24FNO/c1-3-18-9-4-7-16(19,8-10-18)12-14-5-6-15(17)11-13(14)2/h5-6,11,19H,3-4,7-10,12H2,1-2H3. The molecule has 1 aliphatic rings. The summed E-state index contributed by atoms with van der Waals surface area (Å²) in [5.41, 5.74) is 1.37. The van der Waals surface area contributed by atoms with Gasteiger partial charge in [0.2, 0.25) is 0 Å². The number of halogens is 1. The van der Waals surface area contributed by atoms with Crippen molar-refractivity contribution >= 4 is 0 Å². The van der Waals surface area contributed by atoms with Gasteiger partial charge >= 0.3 is 0 Å². The van der Waals surface area contributed by atoms with Gasteiger partial charge in [0.25, 0.3) is 0 Å². The maximum Gasteiger partial charge on any atom is 0.123 e. The van der Waals surface area contributed by atoms with Crippen LogP contribution in [0.25, 0.3) is 0 Å². The van der Waals surface area contributed by atoms with Gasteiger partial charge in [-0.15, -0.1) is 0 Å². The quantitative estimate of drug-likeness (QED) is 0.908. The summed E-state index contributed by atoms with van der Waals surface area (Å²) in [4.78, 5) is 2.38. The zero-order valence-corrected chi connectivity index (χ0v) is 12.0. The lowest BCUT2D eigenvalue weighted by molar-refractivity contribution is 0.0257. The normalized spacial score (nSPS) is 25.3. The minimum atomic E-state index is -0.632. The number of hydrogen-bond acceptors (Lipinski definition) is 2. The summed E-state index contributed by atoms with van der Waals surface area (Å²) in [5, 5.41) is 10.8. The average Bonchev–Trinajstić information content (AvgIpc) is 2.55. The summed E-state index contributed by atoms with van der Waals surface area (Å²) >= 11 is 0. The van der Waals surface area contributed by atoms with E-state index in [4.69, 9.17) is 0 Å². The third kappa shape index (κ3) is 3.77. The summed E-state index contributed by atoms with van der Waals surface area (Å²) in [6, 6.07) is 4.85. The molecule has 0 amide bonds. The predicted octanol–water partition coefficient (Wildman–Crippen LogP) is 2.91. The molecule has 1 N–H and O–H groups in total. The lowest BCUT2D eigenvalue weighted by atomic mass is 9.86. The Balaban J connectivity index is 2.08. The van der Waals surface area contributed by atoms with Crippen LogP contribution in [0, 0.1) is 12.7 Å². The van der Waals surface area contributed by atoms with Crippen molar-refractivity contribution in [2.24, 2.45) is 0 Å². The van der Waals surface area contributed by atoms with Crippen molar-refractivity contribution in [2.75, 3.05) is 19.6 Å². The van der Waals surface area contributed by atoms with Gasteiger partial charge in [-0.3, -0.25) is 0 Å². The minimum absolute atomic E-state index is 0.203. The lowest BCUT2D eigenvalue weighted by Crippen LogP contribution is -2.33. The van der Waals surface area contributed by atoms with Crippen molar-refractivity contribution in [3.8, 4) is 0 Å². The van der Waals surface area contributed by atoms with Gasteiger partial charge in [0, 0.05) is 13.0 Å². The van der Waals surface area contributed by atoms with Crippen LogP contribution in [0.4, 0.5) is 4.39 Å². The smallest absolute Gasteiger partial charge is 0.123 e. The highest BCUT2D eigenvalue weighted by atomic mass is 19.1. The number of likely N-dealkylation sites (tertiary alicyclic amines) is 1. The summed E-state index contributed by atoms with van der Waals surface area (Å²) in [6.45, 7) is 7.14. The van der Waals surface area contributed by atoms with Gasteiger partial charge in [-0.2, -0.15) is 0 Å². The summed E-state index contributed by atoms with van der Waals surface area (Å²) in [7, 11) is 0. The van der Waals surface area contributed by atoms with Gasteiger partial charge in [-0.1, -0.05) is 13.0 Å². The minimum Gasteiger partial charge on any atom is -0.389 e. The molecule has 1 saturated heterocycles. The number of benzene rings is 1. The summed E-state index contributed by atoms with van der Waals surface area (Å²) in [6.07, 6.45) is 3.30. The van der Waals surface area contributed by atoms with Crippen LogP contribution in [0.2, 0.25) is 0 Å². The molecule has 1 fully saturated rings. The highest BCUT2D eigenvalue weighted by molar-refractivity contribution is 5.28. The van der Waals surface area contributed by atoms with Crippen LogP contribution in [0.3, 0.4) is 0 Å². The van der Waals surface area contributed by atoms with Crippen LogP contribution < -0.4 is 0 Å². The van der Waals surface area contributed by atoms with Gasteiger partial charge < -0.3 is 10.0 Å². The maximum absolute atomic E-state index is 13.1. The van der Waals surface area contributed by atoms with Crippen molar-refractivity contribution in [2.45, 2.75) is 45.1 Å². The second kappa shape index (κ2) is 6.02. The molecule has 1 aliphatic heterocycles. The van der Waals surface area contributed by atoms with Gasteiger partial charge in [0.1, 0.15) is 5.82 Å². The molecular formula is C16H24FNO. The van der Waals surface area contributed by atoms with Gasteiger partial charge in [0.05, 0.1) is 5.60 Å². The second-order valence-corrected chi connectivity index (χ2v) is 5.76. The molecule has 106 valence electrons. The molecule has 0 saturated carbocycles. The Morgan fingerprint density at radius 3 is 2.79 bits per heavy atom. The number of nitrogens with zero attached hydrogens (tertiary/aromatic N) is 1. The molecule has 1 aromatic rings. The fraction of sp³-hybridized carbons (Fsp3) is 0.625. The van der Waals surface area contributed by atoms with Gasteiger partial charge in [0.15, 0.2) is 0 Å². The molecule has 2 rings (SSSR count). The van der Waals surface area contributed by atoms with E-state index in [0.717, 1.165) is 50.0 Å². The van der Waals surface area contributed by atoms with Crippen molar-refractivity contribution in [3.63, 3.8) is 0 Å². The molecule has 0 spiro atoms. The van der Waals surface area contributed by atoms with E-state index in [1.54, 1.807) is 6.07 Å². The first kappa shape index (κ1) is 14.5. The van der Waals surface area contributed by atoms with Crippen molar-refractivity contribution in [1.82, 2.24) is 4.90 Å². The molecule has 0 aromatic heterocycles. The second-order valence-electron chi connectivity index (χ2n) is 5.76. The number of aryl methyl sites for hydroxylation is 1. The van der Waals surface area contributed by atoms with Crippen molar-refractivity contribution < 1.29 is 9.50 Å². The molecular weight excluding hydrogens is 241 g/mol. The Bertz CT molecular complexity index is 435. The van der Waals surface area contributed by atoms with Gasteiger partial charge in [-0.25, -0.2) is 4.39 Å². The van der Waals surface area contributed by atoms with Crippen LogP contribution in [0.15, 0.2) is 18.2 Å². The largest absolute Gasteiger partial charge is 0.389 e. The Morgan fingerprint density at radius 1 is 1.32 bits per heavy atom. The fourth-order valence-corrected chi connectivity index (χ4v) is 2.94. The molecule has 19 heavy (non-hydrogen) atoms. The maximum atomic E-state index is 13.1. The van der Waals surface area contributed by atoms with Crippen molar-refractivity contribution in [3.05, 3.63) is 35.1 Å². The number of rotatable bonds is 3. The van der Waals surface area contributed by atoms with E-state index in [2.05, 4.69) is 11.8 Å². The van der Waals surface area contributed by atoms with Crippen LogP contribution in [-0.2, 0) is 6.42 Å². The third-order valence-electron chi connectivity index (χ3n) is 4.28. The molecule has 1 unspecified atom stereocenters. The summed E-state index contributed by atoms with van der Waals surface area (Å²) in [5.74, 6) is -0.203. The highest BCUT2D eigenvalue weighted by Gasteiger charge is 2.30. The first-order valence-electron chi connectivity index (χ1n) is 7.22. The monoisotopic (exact) mass is 265 g/mol. The molecule has 1 atom stereocenters.